The number of rotatable bonds is 6. The zero-order chi connectivity index (χ0) is 38.8. The summed E-state index contributed by atoms with van der Waals surface area (Å²) in [5.74, 6) is 1.96. The lowest BCUT2D eigenvalue weighted by atomic mass is 9.80. The number of thiophene rings is 1. The van der Waals surface area contributed by atoms with Gasteiger partial charge in [0.15, 0.2) is 17.5 Å². The molecule has 0 amide bonds. The third kappa shape index (κ3) is 5.76. The van der Waals surface area contributed by atoms with Gasteiger partial charge in [0.05, 0.1) is 0 Å². The molecule has 10 aromatic rings. The molecule has 1 aliphatic carbocycles. The van der Waals surface area contributed by atoms with Gasteiger partial charge in [0.1, 0.15) is 0 Å². The van der Waals surface area contributed by atoms with E-state index < -0.39 is 0 Å². The van der Waals surface area contributed by atoms with Crippen molar-refractivity contribution < 1.29 is 0 Å². The first-order chi connectivity index (χ1) is 28.5. The molecule has 0 fully saturated rings. The van der Waals surface area contributed by atoms with Crippen molar-refractivity contribution >= 4 is 31.5 Å². The highest BCUT2D eigenvalue weighted by atomic mass is 32.1. The number of hydrogen-bond acceptors (Lipinski definition) is 4. The number of aromatic nitrogens is 3. The van der Waals surface area contributed by atoms with Gasteiger partial charge in [0.2, 0.25) is 0 Å². The highest BCUT2D eigenvalue weighted by Gasteiger charge is 2.36. The van der Waals surface area contributed by atoms with Crippen LogP contribution in [-0.4, -0.2) is 15.0 Å². The SMILES string of the molecule is CC1(C)c2ccccc2-c2cc(-c3ccc4c(c3)sc3ccccc34)c(-c3ccc(-c4cccc(-c5nc(-c6ccccc6)nc(-c6ccccc6)n5)c4)cc3)cc21. The fourth-order valence-electron chi connectivity index (χ4n) is 8.74. The Bertz CT molecular complexity index is 3120. The maximum absolute atomic E-state index is 4.99. The number of benzene rings is 8. The minimum absolute atomic E-state index is 0.106. The second-order valence-electron chi connectivity index (χ2n) is 15.6. The molecule has 0 atom stereocenters. The first-order valence-corrected chi connectivity index (χ1v) is 20.6. The molecule has 0 saturated carbocycles. The Labute approximate surface area is 342 Å². The zero-order valence-electron chi connectivity index (χ0n) is 32.1. The zero-order valence-corrected chi connectivity index (χ0v) is 33.0. The smallest absolute Gasteiger partial charge is 0.164 e. The number of hydrogen-bond donors (Lipinski definition) is 0. The van der Waals surface area contributed by atoms with Crippen LogP contribution in [0, 0.1) is 0 Å². The van der Waals surface area contributed by atoms with Crippen LogP contribution >= 0.6 is 11.3 Å². The van der Waals surface area contributed by atoms with Crippen LogP contribution in [0.3, 0.4) is 0 Å². The van der Waals surface area contributed by atoms with E-state index in [1.165, 1.54) is 64.7 Å². The molecule has 2 aromatic heterocycles. The molecule has 0 unspecified atom stereocenters. The Morgan fingerprint density at radius 1 is 0.328 bits per heavy atom. The standard InChI is InChI=1S/C54H37N3S/c1-54(2)47-22-11-9-20-41(47)46-32-44(39-28-29-43-42-21-10-12-23-49(42)58-50(43)31-39)45(33-48(46)54)35-26-24-34(25-27-35)38-18-13-19-40(30-38)53-56-51(36-14-5-3-6-15-36)55-52(57-53)37-16-7-4-8-17-37/h3-33H,1-2H3. The summed E-state index contributed by atoms with van der Waals surface area (Å²) < 4.78 is 2.63. The van der Waals surface area contributed by atoms with E-state index in [4.69, 9.17) is 15.0 Å². The van der Waals surface area contributed by atoms with Crippen molar-refractivity contribution in [3.05, 3.63) is 199 Å². The largest absolute Gasteiger partial charge is 0.208 e. The summed E-state index contributed by atoms with van der Waals surface area (Å²) in [5, 5.41) is 2.64. The Kier molecular flexibility index (Phi) is 8.02. The van der Waals surface area contributed by atoms with Crippen molar-refractivity contribution in [1.29, 1.82) is 0 Å². The van der Waals surface area contributed by atoms with Gasteiger partial charge < -0.3 is 0 Å². The maximum atomic E-state index is 4.99. The summed E-state index contributed by atoms with van der Waals surface area (Å²) in [6.45, 7) is 4.72. The molecule has 11 rings (SSSR count). The van der Waals surface area contributed by atoms with Crippen LogP contribution in [0.4, 0.5) is 0 Å². The molecule has 58 heavy (non-hydrogen) atoms. The van der Waals surface area contributed by atoms with Crippen molar-refractivity contribution in [2.75, 3.05) is 0 Å². The maximum Gasteiger partial charge on any atom is 0.164 e. The van der Waals surface area contributed by atoms with Crippen LogP contribution in [0.5, 0.6) is 0 Å². The number of fused-ring (bicyclic) bond motifs is 6. The van der Waals surface area contributed by atoms with Crippen LogP contribution in [0.25, 0.3) is 98.8 Å². The highest BCUT2D eigenvalue weighted by molar-refractivity contribution is 7.25. The average Bonchev–Trinajstić information content (AvgIpc) is 3.77. The summed E-state index contributed by atoms with van der Waals surface area (Å²) in [4.78, 5) is 14.9. The summed E-state index contributed by atoms with van der Waals surface area (Å²) in [7, 11) is 0. The molecule has 4 heteroatoms. The van der Waals surface area contributed by atoms with Crippen LogP contribution in [0.15, 0.2) is 188 Å². The van der Waals surface area contributed by atoms with E-state index in [0.29, 0.717) is 17.5 Å². The third-order valence-corrected chi connectivity index (χ3v) is 12.9. The van der Waals surface area contributed by atoms with Crippen molar-refractivity contribution in [2.45, 2.75) is 19.3 Å². The van der Waals surface area contributed by atoms with Crippen LogP contribution in [0.1, 0.15) is 25.0 Å². The monoisotopic (exact) mass is 759 g/mol. The fraction of sp³-hybridized carbons (Fsp3) is 0.0556. The van der Waals surface area contributed by atoms with Crippen molar-refractivity contribution in [3.8, 4) is 78.7 Å². The molecule has 0 aliphatic heterocycles. The molecule has 0 spiro atoms. The van der Waals surface area contributed by atoms with E-state index in [9.17, 15) is 0 Å². The van der Waals surface area contributed by atoms with E-state index in [0.717, 1.165) is 27.8 Å². The third-order valence-electron chi connectivity index (χ3n) is 11.8. The Balaban J connectivity index is 1.01. The first kappa shape index (κ1) is 34.3. The van der Waals surface area contributed by atoms with Crippen LogP contribution in [-0.2, 0) is 5.41 Å². The predicted molar refractivity (Wildman–Crippen MR) is 243 cm³/mol. The van der Waals surface area contributed by atoms with E-state index in [1.807, 2.05) is 72.0 Å². The lowest BCUT2D eigenvalue weighted by Crippen LogP contribution is -2.15. The molecule has 0 bridgehead atoms. The first-order valence-electron chi connectivity index (χ1n) is 19.8. The quantitative estimate of drug-likeness (QED) is 0.169. The van der Waals surface area contributed by atoms with Gasteiger partial charge in [-0.25, -0.2) is 15.0 Å². The van der Waals surface area contributed by atoms with E-state index in [1.54, 1.807) is 0 Å². The van der Waals surface area contributed by atoms with Gasteiger partial charge in [-0.1, -0.05) is 172 Å². The van der Waals surface area contributed by atoms with E-state index >= 15 is 0 Å². The highest BCUT2D eigenvalue weighted by Crippen LogP contribution is 2.52. The topological polar surface area (TPSA) is 38.7 Å². The molecule has 0 radical (unpaired) electrons. The summed E-state index contributed by atoms with van der Waals surface area (Å²) >= 11 is 1.87. The van der Waals surface area contributed by atoms with Gasteiger partial charge in [-0.2, -0.15) is 0 Å². The van der Waals surface area contributed by atoms with E-state index in [-0.39, 0.29) is 5.41 Å². The molecule has 8 aromatic carbocycles. The molecule has 2 heterocycles. The second kappa shape index (κ2) is 13.6. The lowest BCUT2D eigenvalue weighted by Gasteiger charge is -2.23. The van der Waals surface area contributed by atoms with E-state index in [2.05, 4.69) is 141 Å². The predicted octanol–water partition coefficient (Wildman–Crippen LogP) is 14.5. The minimum Gasteiger partial charge on any atom is -0.208 e. The van der Waals surface area contributed by atoms with Gasteiger partial charge in [-0.3, -0.25) is 0 Å². The molecular weight excluding hydrogens is 723 g/mol. The van der Waals surface area contributed by atoms with Crippen LogP contribution < -0.4 is 0 Å². The molecule has 0 saturated heterocycles. The van der Waals surface area contributed by atoms with Crippen LogP contribution in [0.2, 0.25) is 0 Å². The van der Waals surface area contributed by atoms with Crippen molar-refractivity contribution in [2.24, 2.45) is 0 Å². The minimum atomic E-state index is -0.106. The molecule has 0 N–H and O–H groups in total. The van der Waals surface area contributed by atoms with Gasteiger partial charge in [0, 0.05) is 42.3 Å². The Morgan fingerprint density at radius 2 is 0.879 bits per heavy atom. The summed E-state index contributed by atoms with van der Waals surface area (Å²) in [6, 6.07) is 67.4. The average molecular weight is 760 g/mol. The normalized spacial score (nSPS) is 12.8. The molecule has 1 aliphatic rings. The van der Waals surface area contributed by atoms with Gasteiger partial charge in [0.25, 0.3) is 0 Å². The Morgan fingerprint density at radius 3 is 1.62 bits per heavy atom. The van der Waals surface area contributed by atoms with Gasteiger partial charge in [-0.15, -0.1) is 11.3 Å². The number of nitrogens with zero attached hydrogens (tertiary/aromatic N) is 3. The summed E-state index contributed by atoms with van der Waals surface area (Å²) in [6.07, 6.45) is 0. The lowest BCUT2D eigenvalue weighted by molar-refractivity contribution is 0.660. The summed E-state index contributed by atoms with van der Waals surface area (Å²) in [5.41, 5.74) is 15.3. The van der Waals surface area contributed by atoms with Crippen molar-refractivity contribution in [1.82, 2.24) is 15.0 Å². The van der Waals surface area contributed by atoms with Gasteiger partial charge >= 0.3 is 0 Å². The van der Waals surface area contributed by atoms with Crippen molar-refractivity contribution in [3.63, 3.8) is 0 Å². The second-order valence-corrected chi connectivity index (χ2v) is 16.7. The molecular formula is C54H37N3S. The molecule has 274 valence electrons. The fourth-order valence-corrected chi connectivity index (χ4v) is 9.88. The van der Waals surface area contributed by atoms with Gasteiger partial charge in [-0.05, 0) is 86.0 Å². The Hall–Kier alpha value is -7.01. The molecule has 3 nitrogen and oxygen atoms in total.